The van der Waals surface area contributed by atoms with E-state index in [4.69, 9.17) is 11.6 Å². The number of carbonyl (C=O) groups excluding carboxylic acids is 1. The van der Waals surface area contributed by atoms with E-state index < -0.39 is 0 Å². The summed E-state index contributed by atoms with van der Waals surface area (Å²) in [6, 6.07) is 7.71. The van der Waals surface area contributed by atoms with Crippen LogP contribution in [0.3, 0.4) is 0 Å². The predicted molar refractivity (Wildman–Crippen MR) is 78.6 cm³/mol. The van der Waals surface area contributed by atoms with Crippen LogP contribution in [-0.4, -0.2) is 36.0 Å². The van der Waals surface area contributed by atoms with Crippen molar-refractivity contribution in [1.82, 2.24) is 10.2 Å². The Labute approximate surface area is 119 Å². The Morgan fingerprint density at radius 2 is 2.00 bits per heavy atom. The number of hydrogen-bond donors (Lipinski definition) is 1. The third-order valence-corrected chi connectivity index (χ3v) is 4.01. The highest BCUT2D eigenvalue weighted by molar-refractivity contribution is 6.30. The molecule has 2 atom stereocenters. The zero-order valence-electron chi connectivity index (χ0n) is 11.7. The topological polar surface area (TPSA) is 32.3 Å². The third-order valence-electron chi connectivity index (χ3n) is 3.76. The standard InChI is InChI=1S/C15H21ClN2O/c1-10(2)14-9-18(11(3)8-17-14)15(19)12-4-6-13(16)7-5-12/h4-7,10-11,14,17H,8-9H2,1-3H3. The van der Waals surface area contributed by atoms with Gasteiger partial charge in [0.05, 0.1) is 0 Å². The molecule has 1 fully saturated rings. The van der Waals surface area contributed by atoms with Crippen molar-refractivity contribution in [3.8, 4) is 0 Å². The predicted octanol–water partition coefficient (Wildman–Crippen LogP) is 2.80. The molecule has 0 saturated carbocycles. The first-order valence-electron chi connectivity index (χ1n) is 6.79. The van der Waals surface area contributed by atoms with Gasteiger partial charge in [-0.1, -0.05) is 25.4 Å². The van der Waals surface area contributed by atoms with Crippen LogP contribution in [0.4, 0.5) is 0 Å². The van der Waals surface area contributed by atoms with Crippen LogP contribution in [-0.2, 0) is 0 Å². The first-order valence-corrected chi connectivity index (χ1v) is 7.16. The highest BCUT2D eigenvalue weighted by Gasteiger charge is 2.30. The second-order valence-corrected chi connectivity index (χ2v) is 6.01. The maximum Gasteiger partial charge on any atom is 0.254 e. The van der Waals surface area contributed by atoms with Gasteiger partial charge >= 0.3 is 0 Å². The lowest BCUT2D eigenvalue weighted by molar-refractivity contribution is 0.0579. The molecule has 3 nitrogen and oxygen atoms in total. The van der Waals surface area contributed by atoms with E-state index in [2.05, 4.69) is 26.1 Å². The molecule has 1 N–H and O–H groups in total. The van der Waals surface area contributed by atoms with Crippen LogP contribution in [0.1, 0.15) is 31.1 Å². The van der Waals surface area contributed by atoms with Crippen molar-refractivity contribution in [3.05, 3.63) is 34.9 Å². The number of piperazine rings is 1. The summed E-state index contributed by atoms with van der Waals surface area (Å²) < 4.78 is 0. The molecule has 19 heavy (non-hydrogen) atoms. The summed E-state index contributed by atoms with van der Waals surface area (Å²) in [6.45, 7) is 8.05. The van der Waals surface area contributed by atoms with Gasteiger partial charge in [-0.25, -0.2) is 0 Å². The van der Waals surface area contributed by atoms with Gasteiger partial charge in [0, 0.05) is 35.8 Å². The van der Waals surface area contributed by atoms with E-state index in [0.29, 0.717) is 22.5 Å². The Bertz CT molecular complexity index is 444. The van der Waals surface area contributed by atoms with Gasteiger partial charge in [0.2, 0.25) is 0 Å². The van der Waals surface area contributed by atoms with E-state index in [-0.39, 0.29) is 11.9 Å². The smallest absolute Gasteiger partial charge is 0.254 e. The Morgan fingerprint density at radius 3 is 2.58 bits per heavy atom. The molecule has 1 aromatic rings. The lowest BCUT2D eigenvalue weighted by Gasteiger charge is -2.40. The van der Waals surface area contributed by atoms with Crippen molar-refractivity contribution in [2.45, 2.75) is 32.9 Å². The highest BCUT2D eigenvalue weighted by atomic mass is 35.5. The van der Waals surface area contributed by atoms with Crippen LogP contribution < -0.4 is 5.32 Å². The van der Waals surface area contributed by atoms with Crippen molar-refractivity contribution >= 4 is 17.5 Å². The molecule has 1 aliphatic heterocycles. The second kappa shape index (κ2) is 5.93. The lowest BCUT2D eigenvalue weighted by Crippen LogP contribution is -2.58. The molecule has 4 heteroatoms. The fourth-order valence-electron chi connectivity index (χ4n) is 2.38. The Morgan fingerprint density at radius 1 is 1.37 bits per heavy atom. The number of carbonyl (C=O) groups is 1. The molecule has 0 aromatic heterocycles. The molecule has 0 aliphatic carbocycles. The first kappa shape index (κ1) is 14.4. The van der Waals surface area contributed by atoms with Gasteiger partial charge in [-0.2, -0.15) is 0 Å². The second-order valence-electron chi connectivity index (χ2n) is 5.57. The maximum absolute atomic E-state index is 12.5. The molecule has 1 saturated heterocycles. The van der Waals surface area contributed by atoms with Gasteiger partial charge in [0.15, 0.2) is 0 Å². The van der Waals surface area contributed by atoms with Crippen LogP contribution in [0.2, 0.25) is 5.02 Å². The number of hydrogen-bond acceptors (Lipinski definition) is 2. The molecule has 0 bridgehead atoms. The number of rotatable bonds is 2. The molecule has 104 valence electrons. The van der Waals surface area contributed by atoms with Crippen LogP contribution in [0.5, 0.6) is 0 Å². The van der Waals surface area contributed by atoms with E-state index in [1.807, 2.05) is 4.90 Å². The average molecular weight is 281 g/mol. The third kappa shape index (κ3) is 3.28. The molecular weight excluding hydrogens is 260 g/mol. The van der Waals surface area contributed by atoms with E-state index in [1.165, 1.54) is 0 Å². The minimum Gasteiger partial charge on any atom is -0.333 e. The lowest BCUT2D eigenvalue weighted by atomic mass is 9.99. The van der Waals surface area contributed by atoms with Crippen molar-refractivity contribution in [2.75, 3.05) is 13.1 Å². The van der Waals surface area contributed by atoms with Gasteiger partial charge in [0.25, 0.3) is 5.91 Å². The molecule has 1 heterocycles. The molecule has 2 unspecified atom stereocenters. The summed E-state index contributed by atoms with van der Waals surface area (Å²) in [5.41, 5.74) is 0.709. The fourth-order valence-corrected chi connectivity index (χ4v) is 2.50. The summed E-state index contributed by atoms with van der Waals surface area (Å²) in [5, 5.41) is 4.16. The van der Waals surface area contributed by atoms with Crippen molar-refractivity contribution in [3.63, 3.8) is 0 Å². The zero-order chi connectivity index (χ0) is 14.0. The van der Waals surface area contributed by atoms with Gasteiger partial charge in [0.1, 0.15) is 0 Å². The highest BCUT2D eigenvalue weighted by Crippen LogP contribution is 2.17. The largest absolute Gasteiger partial charge is 0.333 e. The SMILES string of the molecule is CC(C)C1CN(C(=O)c2ccc(Cl)cc2)C(C)CN1. The summed E-state index contributed by atoms with van der Waals surface area (Å²) in [6.07, 6.45) is 0. The first-order chi connectivity index (χ1) is 8.99. The van der Waals surface area contributed by atoms with E-state index >= 15 is 0 Å². The van der Waals surface area contributed by atoms with Crippen molar-refractivity contribution in [2.24, 2.45) is 5.92 Å². The van der Waals surface area contributed by atoms with E-state index in [1.54, 1.807) is 24.3 Å². The van der Waals surface area contributed by atoms with Gasteiger partial charge in [-0.3, -0.25) is 4.79 Å². The Hall–Kier alpha value is -1.06. The minimum atomic E-state index is 0.0938. The summed E-state index contributed by atoms with van der Waals surface area (Å²) in [5.74, 6) is 0.615. The number of amides is 1. The molecule has 2 rings (SSSR count). The van der Waals surface area contributed by atoms with E-state index in [9.17, 15) is 4.79 Å². The molecule has 0 spiro atoms. The number of nitrogens with one attached hydrogen (secondary N) is 1. The molecule has 0 radical (unpaired) electrons. The van der Waals surface area contributed by atoms with Gasteiger partial charge in [-0.05, 0) is 37.1 Å². The average Bonchev–Trinajstić information content (AvgIpc) is 2.39. The van der Waals surface area contributed by atoms with Crippen LogP contribution in [0.15, 0.2) is 24.3 Å². The number of halogens is 1. The normalized spacial score (nSPS) is 23.7. The fraction of sp³-hybridized carbons (Fsp3) is 0.533. The number of benzene rings is 1. The summed E-state index contributed by atoms with van der Waals surface area (Å²) in [4.78, 5) is 14.5. The summed E-state index contributed by atoms with van der Waals surface area (Å²) in [7, 11) is 0. The van der Waals surface area contributed by atoms with Gasteiger partial charge in [-0.15, -0.1) is 0 Å². The van der Waals surface area contributed by atoms with Gasteiger partial charge < -0.3 is 10.2 Å². The van der Waals surface area contributed by atoms with Crippen molar-refractivity contribution in [1.29, 1.82) is 0 Å². The minimum absolute atomic E-state index is 0.0938. The Balaban J connectivity index is 2.14. The zero-order valence-corrected chi connectivity index (χ0v) is 12.4. The summed E-state index contributed by atoms with van der Waals surface area (Å²) >= 11 is 5.86. The monoisotopic (exact) mass is 280 g/mol. The van der Waals surface area contributed by atoms with Crippen molar-refractivity contribution < 1.29 is 4.79 Å². The Kier molecular flexibility index (Phi) is 4.48. The van der Waals surface area contributed by atoms with Crippen LogP contribution >= 0.6 is 11.6 Å². The molecule has 1 aliphatic rings. The molecule has 1 amide bonds. The molecular formula is C15H21ClN2O. The number of nitrogens with zero attached hydrogens (tertiary/aromatic N) is 1. The quantitative estimate of drug-likeness (QED) is 0.903. The molecule has 1 aromatic carbocycles. The van der Waals surface area contributed by atoms with Crippen LogP contribution in [0, 0.1) is 5.92 Å². The van der Waals surface area contributed by atoms with E-state index in [0.717, 1.165) is 13.1 Å². The van der Waals surface area contributed by atoms with Crippen LogP contribution in [0.25, 0.3) is 0 Å². The maximum atomic E-state index is 12.5.